The lowest BCUT2D eigenvalue weighted by Gasteiger charge is -2.28. The van der Waals surface area contributed by atoms with Crippen LogP contribution in [0.3, 0.4) is 0 Å². The van der Waals surface area contributed by atoms with Crippen molar-refractivity contribution >= 4 is 43.0 Å². The van der Waals surface area contributed by atoms with E-state index in [9.17, 15) is 21.6 Å². The minimum Gasteiger partial charge on any atom is -0.324 e. The first kappa shape index (κ1) is 25.3. The first-order valence-corrected chi connectivity index (χ1v) is 13.8. The number of para-hydroxylation sites is 1. The smallest absolute Gasteiger partial charge is 0.261 e. The molecule has 180 valence electrons. The van der Waals surface area contributed by atoms with Gasteiger partial charge in [-0.2, -0.15) is 0 Å². The van der Waals surface area contributed by atoms with Crippen LogP contribution < -0.4 is 14.3 Å². The molecule has 10 heteroatoms. The van der Waals surface area contributed by atoms with E-state index < -0.39 is 32.0 Å². The third-order valence-corrected chi connectivity index (χ3v) is 7.78. The standard InChI is InChI=1S/C24H27N3O5S2/c1-17-10-15-23(18(2)16-17)26-34(31,32)22-13-11-20(12-14-22)25-24(28)19(3)27(33(4,29)30)21-8-6-5-7-9-21/h5-16,19,26H,1-4H3,(H,25,28)/t19-/m1/s1. The molecule has 8 nitrogen and oxygen atoms in total. The van der Waals surface area contributed by atoms with Gasteiger partial charge in [-0.3, -0.25) is 13.8 Å². The SMILES string of the molecule is Cc1ccc(NS(=O)(=O)c2ccc(NC(=O)[C@@H](C)N(c3ccccc3)S(C)(=O)=O)cc2)c(C)c1. The number of benzene rings is 3. The minimum atomic E-state index is -3.83. The van der Waals surface area contributed by atoms with Crippen molar-refractivity contribution < 1.29 is 21.6 Å². The molecule has 0 heterocycles. The zero-order valence-corrected chi connectivity index (χ0v) is 20.9. The molecule has 3 rings (SSSR count). The van der Waals surface area contributed by atoms with Gasteiger partial charge in [-0.25, -0.2) is 16.8 Å². The molecule has 0 unspecified atom stereocenters. The van der Waals surface area contributed by atoms with E-state index in [1.807, 2.05) is 26.0 Å². The number of hydrogen-bond acceptors (Lipinski definition) is 5. The minimum absolute atomic E-state index is 0.0283. The summed E-state index contributed by atoms with van der Waals surface area (Å²) in [6.45, 7) is 5.23. The van der Waals surface area contributed by atoms with Gasteiger partial charge in [-0.1, -0.05) is 35.9 Å². The van der Waals surface area contributed by atoms with Gasteiger partial charge in [-0.15, -0.1) is 0 Å². The number of nitrogens with one attached hydrogen (secondary N) is 2. The highest BCUT2D eigenvalue weighted by Gasteiger charge is 2.29. The summed E-state index contributed by atoms with van der Waals surface area (Å²) in [7, 11) is -7.56. The molecule has 3 aromatic carbocycles. The average Bonchev–Trinajstić information content (AvgIpc) is 2.76. The molecule has 0 aromatic heterocycles. The zero-order chi connectivity index (χ0) is 25.1. The summed E-state index contributed by atoms with van der Waals surface area (Å²) >= 11 is 0. The average molecular weight is 502 g/mol. The maximum Gasteiger partial charge on any atom is 0.261 e. The van der Waals surface area contributed by atoms with Crippen LogP contribution in [0.25, 0.3) is 0 Å². The molecule has 2 N–H and O–H groups in total. The third-order valence-electron chi connectivity index (χ3n) is 5.16. The van der Waals surface area contributed by atoms with Crippen LogP contribution in [0.1, 0.15) is 18.1 Å². The van der Waals surface area contributed by atoms with Crippen molar-refractivity contribution in [2.45, 2.75) is 31.7 Å². The second-order valence-corrected chi connectivity index (χ2v) is 11.5. The number of anilines is 3. The van der Waals surface area contributed by atoms with Crippen molar-refractivity contribution in [2.75, 3.05) is 20.6 Å². The van der Waals surface area contributed by atoms with Crippen LogP contribution in [0.15, 0.2) is 77.7 Å². The number of hydrogen-bond donors (Lipinski definition) is 2. The molecule has 0 aliphatic carbocycles. The number of sulfonamides is 2. The molecule has 3 aromatic rings. The zero-order valence-electron chi connectivity index (χ0n) is 19.3. The van der Waals surface area contributed by atoms with E-state index in [1.165, 1.54) is 31.2 Å². The first-order valence-electron chi connectivity index (χ1n) is 10.4. The molecule has 0 aliphatic rings. The monoisotopic (exact) mass is 501 g/mol. The van der Waals surface area contributed by atoms with Crippen molar-refractivity contribution in [1.82, 2.24) is 0 Å². The number of nitrogens with zero attached hydrogens (tertiary/aromatic N) is 1. The summed E-state index contributed by atoms with van der Waals surface area (Å²) in [6.07, 6.45) is 1.03. The van der Waals surface area contributed by atoms with Gasteiger partial charge < -0.3 is 5.32 Å². The van der Waals surface area contributed by atoms with Crippen molar-refractivity contribution in [3.05, 3.63) is 83.9 Å². The largest absolute Gasteiger partial charge is 0.324 e. The van der Waals surface area contributed by atoms with Crippen molar-refractivity contribution in [2.24, 2.45) is 0 Å². The van der Waals surface area contributed by atoms with Crippen LogP contribution in [0.5, 0.6) is 0 Å². The van der Waals surface area contributed by atoms with E-state index in [4.69, 9.17) is 0 Å². The molecule has 0 saturated heterocycles. The van der Waals surface area contributed by atoms with Gasteiger partial charge in [0.05, 0.1) is 22.5 Å². The van der Waals surface area contributed by atoms with E-state index in [0.29, 0.717) is 17.1 Å². The summed E-state index contributed by atoms with van der Waals surface area (Å²) in [5.41, 5.74) is 3.01. The Morgan fingerprint density at radius 1 is 0.882 bits per heavy atom. The highest BCUT2D eigenvalue weighted by atomic mass is 32.2. The Labute approximate surface area is 200 Å². The second-order valence-electron chi connectivity index (χ2n) is 8.01. The molecule has 0 saturated carbocycles. The Balaban J connectivity index is 1.76. The van der Waals surface area contributed by atoms with E-state index in [2.05, 4.69) is 10.0 Å². The molecular weight excluding hydrogens is 474 g/mol. The van der Waals surface area contributed by atoms with Crippen molar-refractivity contribution in [3.63, 3.8) is 0 Å². The maximum absolute atomic E-state index is 12.8. The Morgan fingerprint density at radius 2 is 1.50 bits per heavy atom. The summed E-state index contributed by atoms with van der Waals surface area (Å²) in [5.74, 6) is -0.557. The molecule has 1 amide bonds. The van der Waals surface area contributed by atoms with Gasteiger partial charge in [-0.05, 0) is 68.8 Å². The van der Waals surface area contributed by atoms with Crippen LogP contribution in [0.2, 0.25) is 0 Å². The summed E-state index contributed by atoms with van der Waals surface area (Å²) in [6, 6.07) is 18.3. The summed E-state index contributed by atoms with van der Waals surface area (Å²) in [4.78, 5) is 12.8. The van der Waals surface area contributed by atoms with Crippen LogP contribution in [-0.2, 0) is 24.8 Å². The number of carbonyl (C=O) groups is 1. The summed E-state index contributed by atoms with van der Waals surface area (Å²) in [5, 5.41) is 2.65. The topological polar surface area (TPSA) is 113 Å². The van der Waals surface area contributed by atoms with E-state index in [-0.39, 0.29) is 4.90 Å². The molecular formula is C24H27N3O5S2. The molecule has 0 spiro atoms. The Hall–Kier alpha value is -3.37. The lowest BCUT2D eigenvalue weighted by Crippen LogP contribution is -2.45. The fraction of sp³-hybridized carbons (Fsp3) is 0.208. The lowest BCUT2D eigenvalue weighted by atomic mass is 10.1. The Morgan fingerprint density at radius 3 is 2.06 bits per heavy atom. The van der Waals surface area contributed by atoms with Gasteiger partial charge in [0.1, 0.15) is 6.04 Å². The molecule has 0 aliphatic heterocycles. The van der Waals surface area contributed by atoms with Crippen molar-refractivity contribution in [1.29, 1.82) is 0 Å². The van der Waals surface area contributed by atoms with Gasteiger partial charge in [0.2, 0.25) is 15.9 Å². The van der Waals surface area contributed by atoms with Gasteiger partial charge in [0.25, 0.3) is 10.0 Å². The number of amides is 1. The maximum atomic E-state index is 12.8. The molecule has 0 fully saturated rings. The molecule has 0 bridgehead atoms. The second kappa shape index (κ2) is 9.86. The van der Waals surface area contributed by atoms with E-state index in [0.717, 1.165) is 21.7 Å². The number of carbonyl (C=O) groups excluding carboxylic acids is 1. The van der Waals surface area contributed by atoms with Crippen LogP contribution in [0.4, 0.5) is 17.1 Å². The highest BCUT2D eigenvalue weighted by Crippen LogP contribution is 2.23. The molecule has 34 heavy (non-hydrogen) atoms. The van der Waals surface area contributed by atoms with E-state index in [1.54, 1.807) is 36.4 Å². The van der Waals surface area contributed by atoms with Crippen LogP contribution in [-0.4, -0.2) is 35.0 Å². The quantitative estimate of drug-likeness (QED) is 0.486. The predicted molar refractivity (Wildman–Crippen MR) is 135 cm³/mol. The van der Waals surface area contributed by atoms with Crippen LogP contribution >= 0.6 is 0 Å². The Bertz CT molecular complexity index is 1390. The predicted octanol–water partition coefficient (Wildman–Crippen LogP) is 3.90. The molecule has 1 atom stereocenters. The first-order chi connectivity index (χ1) is 15.9. The molecule has 0 radical (unpaired) electrons. The van der Waals surface area contributed by atoms with Crippen LogP contribution in [0, 0.1) is 13.8 Å². The Kier molecular flexibility index (Phi) is 7.32. The third kappa shape index (κ3) is 5.95. The normalized spacial score (nSPS) is 12.6. The fourth-order valence-corrected chi connectivity index (χ4v) is 5.79. The lowest BCUT2D eigenvalue weighted by molar-refractivity contribution is -0.116. The van der Waals surface area contributed by atoms with Gasteiger partial charge in [0.15, 0.2) is 0 Å². The highest BCUT2D eigenvalue weighted by molar-refractivity contribution is 7.92. The van der Waals surface area contributed by atoms with Gasteiger partial charge in [0, 0.05) is 5.69 Å². The van der Waals surface area contributed by atoms with Crippen molar-refractivity contribution in [3.8, 4) is 0 Å². The fourth-order valence-electron chi connectivity index (χ4n) is 3.48. The van der Waals surface area contributed by atoms with Gasteiger partial charge >= 0.3 is 0 Å². The number of rotatable bonds is 8. The number of aryl methyl sites for hydroxylation is 2. The van der Waals surface area contributed by atoms with E-state index >= 15 is 0 Å². The summed E-state index contributed by atoms with van der Waals surface area (Å²) < 4.78 is 53.8.